The molecule has 64 valence electrons. The highest BCUT2D eigenvalue weighted by Crippen LogP contribution is 2.20. The molecule has 0 fully saturated rings. The zero-order valence-corrected chi connectivity index (χ0v) is 7.72. The number of rotatable bonds is 2. The van der Waals surface area contributed by atoms with Crippen molar-refractivity contribution in [3.63, 3.8) is 0 Å². The van der Waals surface area contributed by atoms with Gasteiger partial charge in [-0.3, -0.25) is 0 Å². The van der Waals surface area contributed by atoms with Gasteiger partial charge in [0.25, 0.3) is 0 Å². The third-order valence-electron chi connectivity index (χ3n) is 1.91. The van der Waals surface area contributed by atoms with Crippen molar-refractivity contribution in [3.05, 3.63) is 23.3 Å². The number of aryl methyl sites for hydroxylation is 2. The molecule has 1 aromatic carbocycles. The first kappa shape index (κ1) is 9.14. The molecule has 0 bridgehead atoms. The van der Waals surface area contributed by atoms with E-state index in [0.717, 1.165) is 22.3 Å². The predicted molar refractivity (Wildman–Crippen MR) is 51.5 cm³/mol. The lowest BCUT2D eigenvalue weighted by molar-refractivity contribution is 0.408. The van der Waals surface area contributed by atoms with Crippen molar-refractivity contribution < 1.29 is 9.76 Å². The van der Waals surface area contributed by atoms with Gasteiger partial charge in [0.15, 0.2) is 0 Å². The van der Waals surface area contributed by atoms with Gasteiger partial charge in [-0.2, -0.15) is 0 Å². The quantitative estimate of drug-likeness (QED) is 0.636. The van der Waals surface area contributed by atoms with E-state index in [-0.39, 0.29) is 7.48 Å². The van der Waals surface area contributed by atoms with E-state index in [2.05, 4.69) is 0 Å². The van der Waals surface area contributed by atoms with Crippen molar-refractivity contribution in [3.8, 4) is 5.75 Å². The largest absolute Gasteiger partial charge is 0.496 e. The molecule has 12 heavy (non-hydrogen) atoms. The Bertz CT molecular complexity index is 261. The molecule has 0 aliphatic carbocycles. The zero-order chi connectivity index (χ0) is 9.14. The Morgan fingerprint density at radius 3 is 2.08 bits per heavy atom. The Hall–Kier alpha value is -0.955. The van der Waals surface area contributed by atoms with E-state index in [1.54, 1.807) is 7.11 Å². The van der Waals surface area contributed by atoms with Crippen LogP contribution in [0, 0.1) is 13.8 Å². The molecule has 0 aliphatic heterocycles. The van der Waals surface area contributed by atoms with Crippen LogP contribution in [0.4, 0.5) is 0 Å². The van der Waals surface area contributed by atoms with E-state index >= 15 is 0 Å². The highest BCUT2D eigenvalue weighted by molar-refractivity contribution is 6.45. The van der Waals surface area contributed by atoms with E-state index < -0.39 is 0 Å². The van der Waals surface area contributed by atoms with Gasteiger partial charge in [-0.15, -0.1) is 0 Å². The highest BCUT2D eigenvalue weighted by atomic mass is 16.5. The molecule has 0 atom stereocenters. The summed E-state index contributed by atoms with van der Waals surface area (Å²) in [5, 5.41) is 8.91. The number of hydrogen-bond donors (Lipinski definition) is 1. The summed E-state index contributed by atoms with van der Waals surface area (Å²) >= 11 is 0. The summed E-state index contributed by atoms with van der Waals surface area (Å²) in [6.45, 7) is 3.95. The topological polar surface area (TPSA) is 29.5 Å². The second kappa shape index (κ2) is 3.63. The lowest BCUT2D eigenvalue weighted by atomic mass is 9.86. The van der Waals surface area contributed by atoms with Crippen LogP contribution in [0.3, 0.4) is 0 Å². The average molecular weight is 164 g/mol. The number of ether oxygens (including phenoxy) is 1. The predicted octanol–water partition coefficient (Wildman–Crippen LogP) is 0.281. The first-order chi connectivity index (χ1) is 5.69. The molecular weight excluding hydrogens is 151 g/mol. The molecule has 3 heteroatoms. The molecule has 0 aromatic heterocycles. The fourth-order valence-corrected chi connectivity index (χ4v) is 1.45. The molecule has 0 amide bonds. The van der Waals surface area contributed by atoms with Crippen LogP contribution in [0.5, 0.6) is 5.75 Å². The van der Waals surface area contributed by atoms with Crippen LogP contribution >= 0.6 is 0 Å². The summed E-state index contributed by atoms with van der Waals surface area (Å²) in [6.07, 6.45) is 0. The Morgan fingerprint density at radius 2 is 1.75 bits per heavy atom. The van der Waals surface area contributed by atoms with Crippen LogP contribution in [0.1, 0.15) is 11.1 Å². The Morgan fingerprint density at radius 1 is 1.25 bits per heavy atom. The van der Waals surface area contributed by atoms with E-state index in [0.29, 0.717) is 0 Å². The second-order valence-electron chi connectivity index (χ2n) is 2.92. The van der Waals surface area contributed by atoms with Crippen molar-refractivity contribution in [2.24, 2.45) is 0 Å². The van der Waals surface area contributed by atoms with Crippen molar-refractivity contribution in [2.75, 3.05) is 7.11 Å². The lowest BCUT2D eigenvalue weighted by Gasteiger charge is -2.09. The lowest BCUT2D eigenvalue weighted by Crippen LogP contribution is -2.14. The highest BCUT2D eigenvalue weighted by Gasteiger charge is 2.04. The minimum Gasteiger partial charge on any atom is -0.496 e. The van der Waals surface area contributed by atoms with Crippen LogP contribution in [0.15, 0.2) is 12.1 Å². The van der Waals surface area contributed by atoms with Gasteiger partial charge in [0.05, 0.1) is 7.11 Å². The number of methoxy groups -OCH3 is 1. The van der Waals surface area contributed by atoms with Gasteiger partial charge in [-0.25, -0.2) is 0 Å². The summed E-state index contributed by atoms with van der Waals surface area (Å²) in [7, 11) is 1.75. The van der Waals surface area contributed by atoms with Gasteiger partial charge >= 0.3 is 7.48 Å². The van der Waals surface area contributed by atoms with Gasteiger partial charge in [0.1, 0.15) is 5.75 Å². The SMILES string of the molecule is COc1c(C)cc(BO)cc1C. The zero-order valence-electron chi connectivity index (χ0n) is 7.72. The van der Waals surface area contributed by atoms with Crippen molar-refractivity contribution >= 4 is 12.9 Å². The van der Waals surface area contributed by atoms with Gasteiger partial charge in [-0.05, 0) is 25.0 Å². The van der Waals surface area contributed by atoms with Crippen LogP contribution in [-0.2, 0) is 0 Å². The summed E-state index contributed by atoms with van der Waals surface area (Å²) in [6, 6.07) is 3.87. The molecule has 0 heterocycles. The third kappa shape index (κ3) is 1.61. The van der Waals surface area contributed by atoms with Crippen LogP contribution in [0.25, 0.3) is 0 Å². The normalized spacial score (nSPS) is 9.67. The maximum atomic E-state index is 8.91. The standard InChI is InChI=1S/C9H13BO2/c1-6-4-8(10-11)5-7(2)9(6)12-3/h4-5,10-11H,1-3H3. The molecule has 1 rings (SSSR count). The average Bonchev–Trinajstić information content (AvgIpc) is 2.03. The molecule has 2 nitrogen and oxygen atoms in total. The molecule has 0 radical (unpaired) electrons. The molecular formula is C9H13BO2. The molecule has 0 saturated carbocycles. The van der Waals surface area contributed by atoms with Crippen LogP contribution in [-0.4, -0.2) is 19.6 Å². The first-order valence-corrected chi connectivity index (χ1v) is 3.94. The third-order valence-corrected chi connectivity index (χ3v) is 1.91. The smallest absolute Gasteiger partial charge is 0.304 e. The fraction of sp³-hybridized carbons (Fsp3) is 0.333. The molecule has 0 saturated heterocycles. The Balaban J connectivity index is 3.18. The maximum absolute atomic E-state index is 8.91. The van der Waals surface area contributed by atoms with E-state index in [9.17, 15) is 0 Å². The molecule has 0 aliphatic rings. The minimum absolute atomic E-state index is 0.0890. The van der Waals surface area contributed by atoms with Gasteiger partial charge in [0, 0.05) is 0 Å². The van der Waals surface area contributed by atoms with Gasteiger partial charge in [0.2, 0.25) is 0 Å². The summed E-state index contributed by atoms with van der Waals surface area (Å²) in [5.74, 6) is 0.909. The van der Waals surface area contributed by atoms with Gasteiger partial charge in [-0.1, -0.05) is 17.6 Å². The minimum atomic E-state index is 0.0890. The monoisotopic (exact) mass is 164 g/mol. The van der Waals surface area contributed by atoms with E-state index in [4.69, 9.17) is 9.76 Å². The maximum Gasteiger partial charge on any atom is 0.304 e. The number of benzene rings is 1. The first-order valence-electron chi connectivity index (χ1n) is 3.94. The molecule has 1 N–H and O–H groups in total. The summed E-state index contributed by atoms with van der Waals surface area (Å²) in [5.41, 5.74) is 3.08. The van der Waals surface area contributed by atoms with Crippen molar-refractivity contribution in [1.29, 1.82) is 0 Å². The Kier molecular flexibility index (Phi) is 2.76. The van der Waals surface area contributed by atoms with Crippen molar-refractivity contribution in [2.45, 2.75) is 13.8 Å². The van der Waals surface area contributed by atoms with Crippen molar-refractivity contribution in [1.82, 2.24) is 0 Å². The second-order valence-corrected chi connectivity index (χ2v) is 2.92. The molecule has 0 unspecified atom stereocenters. The van der Waals surface area contributed by atoms with Gasteiger partial charge < -0.3 is 9.76 Å². The number of hydrogen-bond acceptors (Lipinski definition) is 2. The molecule has 1 aromatic rings. The molecule has 0 spiro atoms. The van der Waals surface area contributed by atoms with Crippen LogP contribution in [0.2, 0.25) is 0 Å². The summed E-state index contributed by atoms with van der Waals surface area (Å²) < 4.78 is 5.19. The van der Waals surface area contributed by atoms with E-state index in [1.807, 2.05) is 26.0 Å². The summed E-state index contributed by atoms with van der Waals surface area (Å²) in [4.78, 5) is 0. The van der Waals surface area contributed by atoms with E-state index in [1.165, 1.54) is 0 Å². The van der Waals surface area contributed by atoms with Crippen LogP contribution < -0.4 is 10.2 Å². The Labute approximate surface area is 73.5 Å². The fourth-order valence-electron chi connectivity index (χ4n) is 1.45.